The van der Waals surface area contributed by atoms with Gasteiger partial charge in [0, 0.05) is 12.1 Å². The molecule has 1 aliphatic rings. The van der Waals surface area contributed by atoms with Gasteiger partial charge in [-0.3, -0.25) is 9.78 Å². The van der Waals surface area contributed by atoms with Crippen LogP contribution in [0.5, 0.6) is 11.5 Å². The highest BCUT2D eigenvalue weighted by Crippen LogP contribution is 2.37. The van der Waals surface area contributed by atoms with Crippen LogP contribution in [0.4, 0.5) is 0 Å². The molecule has 0 bridgehead atoms. The van der Waals surface area contributed by atoms with Crippen molar-refractivity contribution in [1.29, 1.82) is 0 Å². The highest BCUT2D eigenvalue weighted by Gasteiger charge is 2.34. The first kappa shape index (κ1) is 17.3. The number of aromatic amines is 1. The van der Waals surface area contributed by atoms with Crippen molar-refractivity contribution in [3.05, 3.63) is 94.0 Å². The van der Waals surface area contributed by atoms with Crippen LogP contribution in [0, 0.1) is 0 Å². The molecule has 0 fully saturated rings. The molecule has 3 aromatic carbocycles. The number of oxazole rings is 1. The number of H-pyrrole nitrogens is 1. The summed E-state index contributed by atoms with van der Waals surface area (Å²) in [7, 11) is 0. The van der Waals surface area contributed by atoms with E-state index in [0.29, 0.717) is 29.0 Å². The van der Waals surface area contributed by atoms with Crippen LogP contribution < -0.4 is 10.5 Å². The van der Waals surface area contributed by atoms with Crippen molar-refractivity contribution in [3.63, 3.8) is 0 Å². The summed E-state index contributed by atoms with van der Waals surface area (Å²) in [6.07, 6.45) is 0. The Kier molecular flexibility index (Phi) is 3.98. The number of fused-ring (bicyclic) bond motifs is 2. The van der Waals surface area contributed by atoms with Crippen molar-refractivity contribution in [2.24, 2.45) is 0 Å². The van der Waals surface area contributed by atoms with E-state index in [4.69, 9.17) is 9.15 Å². The fourth-order valence-electron chi connectivity index (χ4n) is 3.77. The van der Waals surface area contributed by atoms with Gasteiger partial charge in [0.1, 0.15) is 11.5 Å². The lowest BCUT2D eigenvalue weighted by atomic mass is 10.1. The Labute approximate surface area is 166 Å². The molecule has 1 atom stereocenters. The van der Waals surface area contributed by atoms with Gasteiger partial charge in [-0.05, 0) is 54.4 Å². The number of carbonyl (C=O) groups is 1. The molecule has 1 N–H and O–H groups in total. The molecule has 144 valence electrons. The molecule has 0 spiro atoms. The number of hydrogen-bond donors (Lipinski definition) is 1. The Morgan fingerprint density at radius 2 is 1.83 bits per heavy atom. The number of hydrogen-bond acceptors (Lipinski definition) is 4. The fraction of sp³-hybridized carbons (Fsp3) is 0.130. The third-order valence-electron chi connectivity index (χ3n) is 5.25. The maximum atomic E-state index is 13.1. The summed E-state index contributed by atoms with van der Waals surface area (Å²) >= 11 is 0. The zero-order valence-electron chi connectivity index (χ0n) is 15.7. The molecule has 1 amide bonds. The minimum atomic E-state index is -0.485. The maximum absolute atomic E-state index is 13.1. The van der Waals surface area contributed by atoms with E-state index in [1.807, 2.05) is 60.4 Å². The zero-order chi connectivity index (χ0) is 20.0. The molecule has 0 radical (unpaired) electrons. The summed E-state index contributed by atoms with van der Waals surface area (Å²) in [6.45, 7) is 2.44. The number of amides is 1. The van der Waals surface area contributed by atoms with Gasteiger partial charge >= 0.3 is 5.76 Å². The van der Waals surface area contributed by atoms with E-state index in [1.165, 1.54) is 0 Å². The smallest absolute Gasteiger partial charge is 0.417 e. The van der Waals surface area contributed by atoms with E-state index >= 15 is 0 Å². The lowest BCUT2D eigenvalue weighted by Crippen LogP contribution is -2.26. The Balaban J connectivity index is 1.41. The predicted octanol–water partition coefficient (Wildman–Crippen LogP) is 4.63. The van der Waals surface area contributed by atoms with E-state index in [9.17, 15) is 9.59 Å². The van der Waals surface area contributed by atoms with E-state index in [-0.39, 0.29) is 11.9 Å². The van der Waals surface area contributed by atoms with Gasteiger partial charge in [-0.2, -0.15) is 0 Å². The van der Waals surface area contributed by atoms with Crippen molar-refractivity contribution in [1.82, 2.24) is 9.88 Å². The lowest BCUT2D eigenvalue weighted by Gasteiger charge is -2.22. The first-order chi connectivity index (χ1) is 14.1. The van der Waals surface area contributed by atoms with Gasteiger partial charge in [-0.15, -0.1) is 0 Å². The molecular formula is C23H18N2O4. The van der Waals surface area contributed by atoms with Crippen LogP contribution in [0.25, 0.3) is 11.1 Å². The summed E-state index contributed by atoms with van der Waals surface area (Å²) in [5.74, 6) is 0.833. The summed E-state index contributed by atoms with van der Waals surface area (Å²) < 4.78 is 11.0. The Hall–Kier alpha value is -3.80. The number of nitrogens with one attached hydrogen (secondary N) is 1. The normalized spacial score (nSPS) is 15.7. The molecule has 1 unspecified atom stereocenters. The largest absolute Gasteiger partial charge is 0.457 e. The second-order valence-corrected chi connectivity index (χ2v) is 7.12. The van der Waals surface area contributed by atoms with Crippen molar-refractivity contribution in [2.75, 3.05) is 0 Å². The maximum Gasteiger partial charge on any atom is 0.417 e. The van der Waals surface area contributed by atoms with Crippen molar-refractivity contribution >= 4 is 17.0 Å². The SMILES string of the molecule is CC1c2ccc(Oc3ccccc3)cc2C(=O)N1Cc1ccc2[nH]c(=O)oc2c1. The Morgan fingerprint density at radius 3 is 2.66 bits per heavy atom. The van der Waals surface area contributed by atoms with Crippen LogP contribution in [0.2, 0.25) is 0 Å². The quantitative estimate of drug-likeness (QED) is 0.555. The van der Waals surface area contributed by atoms with Crippen LogP contribution >= 0.6 is 0 Å². The van der Waals surface area contributed by atoms with Gasteiger partial charge < -0.3 is 14.1 Å². The van der Waals surface area contributed by atoms with Crippen LogP contribution in [-0.2, 0) is 6.54 Å². The zero-order valence-corrected chi connectivity index (χ0v) is 15.7. The molecule has 2 heterocycles. The van der Waals surface area contributed by atoms with E-state index < -0.39 is 5.76 Å². The molecule has 4 aromatic rings. The summed E-state index contributed by atoms with van der Waals surface area (Å²) in [5, 5.41) is 0. The van der Waals surface area contributed by atoms with Crippen LogP contribution in [-0.4, -0.2) is 15.8 Å². The minimum Gasteiger partial charge on any atom is -0.457 e. The number of aromatic nitrogens is 1. The monoisotopic (exact) mass is 386 g/mol. The molecular weight excluding hydrogens is 368 g/mol. The van der Waals surface area contributed by atoms with E-state index in [2.05, 4.69) is 4.98 Å². The molecule has 0 aliphatic carbocycles. The fourth-order valence-corrected chi connectivity index (χ4v) is 3.77. The summed E-state index contributed by atoms with van der Waals surface area (Å²) in [4.78, 5) is 28.9. The lowest BCUT2D eigenvalue weighted by molar-refractivity contribution is 0.0723. The van der Waals surface area contributed by atoms with Crippen LogP contribution in [0.1, 0.15) is 34.5 Å². The molecule has 0 saturated carbocycles. The third kappa shape index (κ3) is 3.08. The van der Waals surface area contributed by atoms with Gasteiger partial charge in [0.25, 0.3) is 5.91 Å². The first-order valence-electron chi connectivity index (χ1n) is 9.38. The number of ether oxygens (including phenoxy) is 1. The number of benzene rings is 3. The van der Waals surface area contributed by atoms with Crippen LogP contribution in [0.15, 0.2) is 75.9 Å². The highest BCUT2D eigenvalue weighted by molar-refractivity contribution is 5.99. The second kappa shape index (κ2) is 6.67. The molecule has 6 nitrogen and oxygen atoms in total. The predicted molar refractivity (Wildman–Crippen MR) is 108 cm³/mol. The minimum absolute atomic E-state index is 0.0402. The van der Waals surface area contributed by atoms with E-state index in [1.54, 1.807) is 18.2 Å². The average Bonchev–Trinajstić information content (AvgIpc) is 3.20. The molecule has 5 rings (SSSR count). The molecule has 1 aromatic heterocycles. The molecule has 29 heavy (non-hydrogen) atoms. The van der Waals surface area contributed by atoms with Crippen molar-refractivity contribution in [2.45, 2.75) is 19.5 Å². The number of nitrogens with zero attached hydrogens (tertiary/aromatic N) is 1. The second-order valence-electron chi connectivity index (χ2n) is 7.12. The van der Waals surface area contributed by atoms with Crippen molar-refractivity contribution < 1.29 is 13.9 Å². The van der Waals surface area contributed by atoms with E-state index in [0.717, 1.165) is 16.9 Å². The average molecular weight is 386 g/mol. The summed E-state index contributed by atoms with van der Waals surface area (Å²) in [6, 6.07) is 20.5. The van der Waals surface area contributed by atoms with Gasteiger partial charge in [-0.1, -0.05) is 30.3 Å². The van der Waals surface area contributed by atoms with Gasteiger partial charge in [0.2, 0.25) is 0 Å². The standard InChI is InChI=1S/C23H18N2O4/c1-14-18-9-8-17(28-16-5-3-2-4-6-16)12-19(18)22(26)25(14)13-15-7-10-20-21(11-15)29-23(27)24-20/h2-12,14H,13H2,1H3,(H,24,27). The third-order valence-corrected chi connectivity index (χ3v) is 5.25. The van der Waals surface area contributed by atoms with Crippen molar-refractivity contribution in [3.8, 4) is 11.5 Å². The highest BCUT2D eigenvalue weighted by atomic mass is 16.5. The number of rotatable bonds is 4. The van der Waals surface area contributed by atoms with Crippen LogP contribution in [0.3, 0.4) is 0 Å². The molecule has 1 aliphatic heterocycles. The number of carbonyl (C=O) groups excluding carboxylic acids is 1. The topological polar surface area (TPSA) is 75.5 Å². The van der Waals surface area contributed by atoms with Gasteiger partial charge in [0.05, 0.1) is 11.6 Å². The summed E-state index contributed by atoms with van der Waals surface area (Å²) in [5.41, 5.74) is 3.66. The molecule has 6 heteroatoms. The first-order valence-corrected chi connectivity index (χ1v) is 9.38. The van der Waals surface area contributed by atoms with Gasteiger partial charge in [0.15, 0.2) is 5.58 Å². The Bertz CT molecular complexity index is 1270. The Morgan fingerprint density at radius 1 is 1.00 bits per heavy atom. The molecule has 0 saturated heterocycles. The van der Waals surface area contributed by atoms with Gasteiger partial charge in [-0.25, -0.2) is 4.79 Å². The number of para-hydroxylation sites is 1.